The number of ether oxygens (including phenoxy) is 1. The molecule has 2 aliphatic rings. The number of alkyl halides is 2. The van der Waals surface area contributed by atoms with Crippen molar-refractivity contribution in [3.63, 3.8) is 0 Å². The zero-order valence-electron chi connectivity index (χ0n) is 6.30. The first-order valence-corrected chi connectivity index (χ1v) is 5.08. The Bertz CT molecular complexity index is 135. The molecule has 0 amide bonds. The molecule has 3 heteroatoms. The largest absolute Gasteiger partial charge is 0.370 e. The van der Waals surface area contributed by atoms with Gasteiger partial charge in [0.15, 0.2) is 0 Å². The third-order valence-electron chi connectivity index (χ3n) is 2.53. The Balaban J connectivity index is 1.89. The summed E-state index contributed by atoms with van der Waals surface area (Å²) in [5, 5.41) is 0.309. The number of fused-ring (bicyclic) bond motifs is 1. The lowest BCUT2D eigenvalue weighted by Gasteiger charge is -2.16. The smallest absolute Gasteiger partial charge is 0.0842 e. The molecule has 1 saturated carbocycles. The molecule has 1 aliphatic carbocycles. The molecule has 0 aromatic rings. The van der Waals surface area contributed by atoms with Crippen molar-refractivity contribution >= 4 is 23.2 Å². The van der Waals surface area contributed by atoms with Gasteiger partial charge in [-0.3, -0.25) is 0 Å². The third-order valence-corrected chi connectivity index (χ3v) is 3.71. The molecule has 1 saturated heterocycles. The van der Waals surface area contributed by atoms with Gasteiger partial charge in [-0.1, -0.05) is 0 Å². The molecule has 0 unspecified atom stereocenters. The quantitative estimate of drug-likeness (QED) is 0.427. The predicted octanol–water partition coefficient (Wildman–Crippen LogP) is 2.54. The van der Waals surface area contributed by atoms with Crippen molar-refractivity contribution in [2.45, 2.75) is 48.6 Å². The third kappa shape index (κ3) is 1.82. The van der Waals surface area contributed by atoms with Crippen LogP contribution in [0.15, 0.2) is 0 Å². The van der Waals surface area contributed by atoms with Crippen molar-refractivity contribution in [2.75, 3.05) is 0 Å². The van der Waals surface area contributed by atoms with Gasteiger partial charge in [0.05, 0.1) is 23.0 Å². The zero-order chi connectivity index (χ0) is 7.84. The van der Waals surface area contributed by atoms with Gasteiger partial charge in [0, 0.05) is 0 Å². The summed E-state index contributed by atoms with van der Waals surface area (Å²) in [4.78, 5) is 0. The van der Waals surface area contributed by atoms with Gasteiger partial charge < -0.3 is 4.74 Å². The van der Waals surface area contributed by atoms with Crippen molar-refractivity contribution in [1.82, 2.24) is 0 Å². The van der Waals surface area contributed by atoms with E-state index < -0.39 is 0 Å². The number of epoxide rings is 1. The first-order chi connectivity index (χ1) is 5.27. The van der Waals surface area contributed by atoms with E-state index in [1.807, 2.05) is 0 Å². The first-order valence-electron chi connectivity index (χ1n) is 4.21. The maximum Gasteiger partial charge on any atom is 0.0842 e. The molecule has 0 bridgehead atoms. The lowest BCUT2D eigenvalue weighted by Crippen LogP contribution is -2.19. The van der Waals surface area contributed by atoms with Gasteiger partial charge in [0.25, 0.3) is 0 Å². The molecule has 0 aromatic heterocycles. The van der Waals surface area contributed by atoms with Crippen molar-refractivity contribution in [3.05, 3.63) is 0 Å². The average molecular weight is 195 g/mol. The Kier molecular flexibility index (Phi) is 2.31. The maximum atomic E-state index is 6.04. The van der Waals surface area contributed by atoms with Crippen LogP contribution in [0.3, 0.4) is 0 Å². The predicted molar refractivity (Wildman–Crippen MR) is 46.4 cm³/mol. The number of hydrogen-bond acceptors (Lipinski definition) is 1. The van der Waals surface area contributed by atoms with Crippen LogP contribution in [0, 0.1) is 0 Å². The van der Waals surface area contributed by atoms with Crippen LogP contribution in [-0.2, 0) is 4.74 Å². The highest BCUT2D eigenvalue weighted by molar-refractivity contribution is 6.29. The maximum absolute atomic E-state index is 6.04. The van der Waals surface area contributed by atoms with Crippen LogP contribution in [-0.4, -0.2) is 23.0 Å². The fourth-order valence-corrected chi connectivity index (χ4v) is 2.20. The lowest BCUT2D eigenvalue weighted by molar-refractivity contribution is 0.358. The van der Waals surface area contributed by atoms with Gasteiger partial charge in [-0.2, -0.15) is 0 Å². The van der Waals surface area contributed by atoms with E-state index >= 15 is 0 Å². The van der Waals surface area contributed by atoms with E-state index in [2.05, 4.69) is 0 Å². The van der Waals surface area contributed by atoms with Crippen LogP contribution in [0.1, 0.15) is 25.7 Å². The second-order valence-corrected chi connectivity index (χ2v) is 4.52. The molecule has 1 nitrogen and oxygen atoms in total. The van der Waals surface area contributed by atoms with E-state index in [0.29, 0.717) is 12.2 Å². The van der Waals surface area contributed by atoms with E-state index in [-0.39, 0.29) is 10.8 Å². The molecule has 1 aliphatic heterocycles. The summed E-state index contributed by atoms with van der Waals surface area (Å²) in [7, 11) is 0. The minimum Gasteiger partial charge on any atom is -0.370 e. The van der Waals surface area contributed by atoms with Crippen LogP contribution in [0.5, 0.6) is 0 Å². The Morgan fingerprint density at radius 3 is 1.73 bits per heavy atom. The summed E-state index contributed by atoms with van der Waals surface area (Å²) >= 11 is 12.1. The molecule has 0 N–H and O–H groups in total. The fourth-order valence-electron chi connectivity index (χ4n) is 1.70. The van der Waals surface area contributed by atoms with Gasteiger partial charge in [0.1, 0.15) is 0 Å². The highest BCUT2D eigenvalue weighted by Gasteiger charge is 2.40. The standard InChI is InChI=1S/C8H12Cl2O/c9-5-1-3-7-8(11-7)4-2-6(5)10/h5-8H,1-4H2/t5-,6-,7-,8+/m0/s1. The molecule has 11 heavy (non-hydrogen) atoms. The molecule has 1 heterocycles. The van der Waals surface area contributed by atoms with Gasteiger partial charge in [-0.25, -0.2) is 0 Å². The molecule has 2 fully saturated rings. The normalized spacial score (nSPS) is 50.7. The van der Waals surface area contributed by atoms with E-state index in [0.717, 1.165) is 25.7 Å². The highest BCUT2D eigenvalue weighted by atomic mass is 35.5. The Hall–Kier alpha value is 0.540. The van der Waals surface area contributed by atoms with E-state index in [1.54, 1.807) is 0 Å². The van der Waals surface area contributed by atoms with Gasteiger partial charge in [-0.05, 0) is 25.7 Å². The Morgan fingerprint density at radius 1 is 0.818 bits per heavy atom. The molecule has 64 valence electrons. The zero-order valence-corrected chi connectivity index (χ0v) is 7.81. The first kappa shape index (κ1) is 8.15. The molecule has 4 atom stereocenters. The van der Waals surface area contributed by atoms with Crippen molar-refractivity contribution in [3.8, 4) is 0 Å². The van der Waals surface area contributed by atoms with Crippen LogP contribution in [0.4, 0.5) is 0 Å². The highest BCUT2D eigenvalue weighted by Crippen LogP contribution is 2.36. The second kappa shape index (κ2) is 3.12. The van der Waals surface area contributed by atoms with E-state index in [1.165, 1.54) is 0 Å². The second-order valence-electron chi connectivity index (χ2n) is 3.40. The van der Waals surface area contributed by atoms with Crippen molar-refractivity contribution < 1.29 is 4.74 Å². The fraction of sp³-hybridized carbons (Fsp3) is 1.00. The summed E-state index contributed by atoms with van der Waals surface area (Å²) in [6.07, 6.45) is 5.25. The molecular formula is C8H12Cl2O. The molecule has 0 aromatic carbocycles. The number of rotatable bonds is 0. The molecule has 0 radical (unpaired) electrons. The topological polar surface area (TPSA) is 12.5 Å². The molecular weight excluding hydrogens is 183 g/mol. The van der Waals surface area contributed by atoms with Gasteiger partial charge >= 0.3 is 0 Å². The summed E-state index contributed by atoms with van der Waals surface area (Å²) in [5.74, 6) is 0. The summed E-state index contributed by atoms with van der Waals surface area (Å²) in [5.41, 5.74) is 0. The average Bonchev–Trinajstić information content (AvgIpc) is 2.72. The van der Waals surface area contributed by atoms with Crippen molar-refractivity contribution in [2.24, 2.45) is 0 Å². The monoisotopic (exact) mass is 194 g/mol. The Morgan fingerprint density at radius 2 is 1.27 bits per heavy atom. The Labute approximate surface area is 77.0 Å². The minimum atomic E-state index is 0.154. The van der Waals surface area contributed by atoms with Crippen molar-refractivity contribution in [1.29, 1.82) is 0 Å². The number of hydrogen-bond donors (Lipinski definition) is 0. The van der Waals surface area contributed by atoms with E-state index in [4.69, 9.17) is 27.9 Å². The molecule has 2 rings (SSSR count). The summed E-state index contributed by atoms with van der Waals surface area (Å²) < 4.78 is 5.42. The SMILES string of the molecule is Cl[C@H]1CC[C@@H]2O[C@@H]2CC[C@@H]1Cl. The van der Waals surface area contributed by atoms with Crippen LogP contribution in [0.2, 0.25) is 0 Å². The number of halogens is 2. The summed E-state index contributed by atoms with van der Waals surface area (Å²) in [6, 6.07) is 0. The van der Waals surface area contributed by atoms with Gasteiger partial charge in [-0.15, -0.1) is 23.2 Å². The lowest BCUT2D eigenvalue weighted by atomic mass is 10.0. The van der Waals surface area contributed by atoms with Crippen LogP contribution < -0.4 is 0 Å². The van der Waals surface area contributed by atoms with E-state index in [9.17, 15) is 0 Å². The summed E-state index contributed by atoms with van der Waals surface area (Å²) in [6.45, 7) is 0. The van der Waals surface area contributed by atoms with Crippen LogP contribution >= 0.6 is 23.2 Å². The molecule has 0 spiro atoms. The van der Waals surface area contributed by atoms with Gasteiger partial charge in [0.2, 0.25) is 0 Å². The van der Waals surface area contributed by atoms with Crippen LogP contribution in [0.25, 0.3) is 0 Å². The minimum absolute atomic E-state index is 0.154.